The van der Waals surface area contributed by atoms with Gasteiger partial charge in [0.1, 0.15) is 9.85 Å². The second kappa shape index (κ2) is 4.79. The van der Waals surface area contributed by atoms with Crippen molar-refractivity contribution in [1.29, 1.82) is 0 Å². The van der Waals surface area contributed by atoms with Crippen LogP contribution in [0.25, 0.3) is 0 Å². The summed E-state index contributed by atoms with van der Waals surface area (Å²) in [5.41, 5.74) is 1.45. The molecule has 1 unspecified atom stereocenters. The van der Waals surface area contributed by atoms with Crippen LogP contribution in [-0.2, 0) is 13.8 Å². The third-order valence-electron chi connectivity index (χ3n) is 2.84. The number of carbonyl (C=O) groups excluding carboxylic acids is 1. The highest BCUT2D eigenvalue weighted by atomic mass is 79.9. The Morgan fingerprint density at radius 1 is 1.56 bits per heavy atom. The van der Waals surface area contributed by atoms with Gasteiger partial charge < -0.3 is 4.90 Å². The summed E-state index contributed by atoms with van der Waals surface area (Å²) < 4.78 is 23.1. The van der Waals surface area contributed by atoms with Crippen molar-refractivity contribution in [2.45, 2.75) is 18.6 Å². The number of aromatic nitrogens is 1. The van der Waals surface area contributed by atoms with Gasteiger partial charge in [-0.3, -0.25) is 4.79 Å². The van der Waals surface area contributed by atoms with Crippen molar-refractivity contribution < 1.29 is 13.2 Å². The van der Waals surface area contributed by atoms with Gasteiger partial charge in [-0.15, -0.1) is 0 Å². The molecule has 2 rings (SSSR count). The van der Waals surface area contributed by atoms with Gasteiger partial charge in [-0.2, -0.15) is 0 Å². The Bertz CT molecular complexity index is 585. The van der Waals surface area contributed by atoms with Crippen molar-refractivity contribution in [3.8, 4) is 0 Å². The highest BCUT2D eigenvalue weighted by Gasteiger charge is 2.39. The third-order valence-corrected chi connectivity index (χ3v) is 5.29. The van der Waals surface area contributed by atoms with Crippen LogP contribution in [0.3, 0.4) is 0 Å². The van der Waals surface area contributed by atoms with Crippen molar-refractivity contribution in [3.63, 3.8) is 0 Å². The van der Waals surface area contributed by atoms with Gasteiger partial charge in [0.25, 0.3) is 0 Å². The van der Waals surface area contributed by atoms with E-state index in [9.17, 15) is 13.2 Å². The molecule has 0 aliphatic carbocycles. The van der Waals surface area contributed by atoms with E-state index >= 15 is 0 Å². The largest absolute Gasteiger partial charge is 0.308 e. The number of carbonyl (C=O) groups is 1. The first-order valence-corrected chi connectivity index (χ1v) is 8.32. The number of halogens is 2. The molecular formula is C10H10BrClN2O3S. The van der Waals surface area contributed by atoms with Crippen molar-refractivity contribution in [2.75, 3.05) is 11.4 Å². The number of hydrogen-bond donors (Lipinski definition) is 0. The molecule has 5 nitrogen and oxygen atoms in total. The van der Waals surface area contributed by atoms with E-state index in [0.29, 0.717) is 10.3 Å². The summed E-state index contributed by atoms with van der Waals surface area (Å²) >= 11 is 3.27. The Hall–Kier alpha value is -0.660. The SMILES string of the molecule is Cc1ccnc(Br)c1N1CC(S(=O)(=O)Cl)CC1=O. The van der Waals surface area contributed by atoms with E-state index in [0.717, 1.165) is 5.56 Å². The molecular weight excluding hydrogens is 344 g/mol. The van der Waals surface area contributed by atoms with Gasteiger partial charge in [-0.05, 0) is 34.5 Å². The smallest absolute Gasteiger partial charge is 0.237 e. The molecule has 0 bridgehead atoms. The highest BCUT2D eigenvalue weighted by molar-refractivity contribution is 9.10. The molecule has 1 saturated heterocycles. The molecule has 1 atom stereocenters. The van der Waals surface area contributed by atoms with Gasteiger partial charge in [0.2, 0.25) is 15.0 Å². The van der Waals surface area contributed by atoms with Gasteiger partial charge in [0.15, 0.2) is 0 Å². The van der Waals surface area contributed by atoms with Gasteiger partial charge in [-0.1, -0.05) is 0 Å². The zero-order valence-corrected chi connectivity index (χ0v) is 12.6. The number of rotatable bonds is 2. The van der Waals surface area contributed by atoms with Crippen molar-refractivity contribution in [2.24, 2.45) is 0 Å². The van der Waals surface area contributed by atoms with E-state index in [1.54, 1.807) is 12.3 Å². The second-order valence-corrected chi connectivity index (χ2v) is 7.73. The lowest BCUT2D eigenvalue weighted by molar-refractivity contribution is -0.117. The Kier molecular flexibility index (Phi) is 3.66. The molecule has 1 aliphatic heterocycles. The molecule has 1 aromatic heterocycles. The Morgan fingerprint density at radius 2 is 2.22 bits per heavy atom. The quantitative estimate of drug-likeness (QED) is 0.601. The molecule has 0 saturated carbocycles. The molecule has 98 valence electrons. The van der Waals surface area contributed by atoms with E-state index in [2.05, 4.69) is 20.9 Å². The van der Waals surface area contributed by atoms with E-state index in [-0.39, 0.29) is 18.9 Å². The molecule has 18 heavy (non-hydrogen) atoms. The molecule has 0 radical (unpaired) electrons. The molecule has 1 fully saturated rings. The van der Waals surface area contributed by atoms with Crippen molar-refractivity contribution >= 4 is 47.3 Å². The Labute approximate surface area is 118 Å². The van der Waals surface area contributed by atoms with Gasteiger partial charge in [0.05, 0.1) is 5.69 Å². The van der Waals surface area contributed by atoms with E-state index in [1.807, 2.05) is 6.92 Å². The number of nitrogens with zero attached hydrogens (tertiary/aromatic N) is 2. The van der Waals surface area contributed by atoms with Crippen LogP contribution >= 0.6 is 26.6 Å². The number of amides is 1. The van der Waals surface area contributed by atoms with Crippen LogP contribution in [0, 0.1) is 6.92 Å². The molecule has 1 aromatic rings. The lowest BCUT2D eigenvalue weighted by atomic mass is 10.2. The monoisotopic (exact) mass is 352 g/mol. The zero-order chi connectivity index (χ0) is 13.5. The fourth-order valence-corrected chi connectivity index (χ4v) is 3.59. The van der Waals surface area contributed by atoms with Crippen LogP contribution in [0.1, 0.15) is 12.0 Å². The molecule has 0 aromatic carbocycles. The average molecular weight is 354 g/mol. The van der Waals surface area contributed by atoms with Crippen LogP contribution < -0.4 is 4.90 Å². The van der Waals surface area contributed by atoms with E-state index in [4.69, 9.17) is 10.7 Å². The predicted molar refractivity (Wildman–Crippen MR) is 72.2 cm³/mol. The normalized spacial score (nSPS) is 20.5. The minimum atomic E-state index is -3.73. The van der Waals surface area contributed by atoms with Crippen LogP contribution in [-0.4, -0.2) is 31.1 Å². The number of hydrogen-bond acceptors (Lipinski definition) is 4. The van der Waals surface area contributed by atoms with Crippen LogP contribution in [0.2, 0.25) is 0 Å². The summed E-state index contributed by atoms with van der Waals surface area (Å²) in [6.45, 7) is 1.90. The maximum Gasteiger partial charge on any atom is 0.237 e. The average Bonchev–Trinajstić information content (AvgIpc) is 2.60. The summed E-state index contributed by atoms with van der Waals surface area (Å²) in [5.74, 6) is -0.263. The maximum atomic E-state index is 11.9. The molecule has 1 aliphatic rings. The number of aryl methyl sites for hydroxylation is 1. The number of pyridine rings is 1. The first-order chi connectivity index (χ1) is 8.30. The van der Waals surface area contributed by atoms with Crippen molar-refractivity contribution in [1.82, 2.24) is 4.98 Å². The lowest BCUT2D eigenvalue weighted by Crippen LogP contribution is -2.28. The first kappa shape index (κ1) is 13.8. The standard InChI is InChI=1S/C10H10BrClN2O3S/c1-6-2-3-13-10(11)9(6)14-5-7(4-8(14)15)18(12,16)17/h2-3,7H,4-5H2,1H3. The third kappa shape index (κ3) is 2.53. The van der Waals surface area contributed by atoms with Gasteiger partial charge in [-0.25, -0.2) is 13.4 Å². The first-order valence-electron chi connectivity index (χ1n) is 5.15. The molecule has 0 N–H and O–H groups in total. The number of anilines is 1. The van der Waals surface area contributed by atoms with Crippen LogP contribution in [0.15, 0.2) is 16.9 Å². The fraction of sp³-hybridized carbons (Fsp3) is 0.400. The fourth-order valence-electron chi connectivity index (χ4n) is 1.92. The molecule has 8 heteroatoms. The van der Waals surface area contributed by atoms with E-state index in [1.165, 1.54) is 4.90 Å². The summed E-state index contributed by atoms with van der Waals surface area (Å²) in [6, 6.07) is 1.76. The Balaban J connectivity index is 2.39. The summed E-state index contributed by atoms with van der Waals surface area (Å²) in [4.78, 5) is 17.4. The summed E-state index contributed by atoms with van der Waals surface area (Å²) in [6.07, 6.45) is 1.52. The topological polar surface area (TPSA) is 67.3 Å². The zero-order valence-electron chi connectivity index (χ0n) is 9.43. The molecule has 0 spiro atoms. The lowest BCUT2D eigenvalue weighted by Gasteiger charge is -2.19. The van der Waals surface area contributed by atoms with Gasteiger partial charge >= 0.3 is 0 Å². The van der Waals surface area contributed by atoms with Crippen LogP contribution in [0.4, 0.5) is 5.69 Å². The van der Waals surface area contributed by atoms with Crippen LogP contribution in [0.5, 0.6) is 0 Å². The summed E-state index contributed by atoms with van der Waals surface area (Å²) in [7, 11) is 1.58. The molecule has 1 amide bonds. The minimum Gasteiger partial charge on any atom is -0.308 e. The highest BCUT2D eigenvalue weighted by Crippen LogP contribution is 2.33. The summed E-state index contributed by atoms with van der Waals surface area (Å²) in [5, 5.41) is -0.863. The van der Waals surface area contributed by atoms with Crippen molar-refractivity contribution in [3.05, 3.63) is 22.4 Å². The molecule has 2 heterocycles. The van der Waals surface area contributed by atoms with Gasteiger partial charge in [0, 0.05) is 29.8 Å². The van der Waals surface area contributed by atoms with E-state index < -0.39 is 14.3 Å². The minimum absolute atomic E-state index is 0.0653. The maximum absolute atomic E-state index is 11.9. The predicted octanol–water partition coefficient (Wildman–Crippen LogP) is 1.83. The Morgan fingerprint density at radius 3 is 2.72 bits per heavy atom. The second-order valence-electron chi connectivity index (χ2n) is 4.07.